The average molecular weight is 366 g/mol. The molecule has 0 aromatic heterocycles. The van der Waals surface area contributed by atoms with Crippen LogP contribution in [0.2, 0.25) is 0 Å². The molecule has 2 aromatic rings. The number of aryl methyl sites for hydroxylation is 1. The van der Waals surface area contributed by atoms with Gasteiger partial charge >= 0.3 is 123 Å². The van der Waals surface area contributed by atoms with Crippen LogP contribution in [0.3, 0.4) is 0 Å². The molecule has 1 aliphatic heterocycles. The van der Waals surface area contributed by atoms with Gasteiger partial charge in [-0.25, -0.2) is 0 Å². The molecule has 0 N–H and O–H groups in total. The summed E-state index contributed by atoms with van der Waals surface area (Å²) in [6.45, 7) is 6.86. The topological polar surface area (TPSA) is 12.5 Å². The summed E-state index contributed by atoms with van der Waals surface area (Å²) < 4.78 is 6.77. The summed E-state index contributed by atoms with van der Waals surface area (Å²) in [6.07, 6.45) is 0. The fourth-order valence-corrected chi connectivity index (χ4v) is 7.98. The number of alkyl halides is 2. The number of hydrogen-bond acceptors (Lipinski definition) is 1. The van der Waals surface area contributed by atoms with Crippen molar-refractivity contribution in [1.29, 1.82) is 0 Å². The molecule has 3 rings (SSSR count). The summed E-state index contributed by atoms with van der Waals surface area (Å²) in [5.74, 6) is 0. The van der Waals surface area contributed by atoms with E-state index in [1.54, 1.807) is 0 Å². The van der Waals surface area contributed by atoms with Gasteiger partial charge < -0.3 is 0 Å². The molecule has 1 fully saturated rings. The molecule has 1 heterocycles. The van der Waals surface area contributed by atoms with Crippen molar-refractivity contribution < 1.29 is 3.07 Å². The van der Waals surface area contributed by atoms with Crippen LogP contribution < -0.4 is 0 Å². The molecule has 1 unspecified atom stereocenters. The molecule has 100 valence electrons. The van der Waals surface area contributed by atoms with Crippen molar-refractivity contribution in [2.24, 2.45) is 0 Å². The Labute approximate surface area is 122 Å². The van der Waals surface area contributed by atoms with Crippen molar-refractivity contribution in [3.63, 3.8) is 0 Å². The second-order valence-corrected chi connectivity index (χ2v) is 11.3. The van der Waals surface area contributed by atoms with Gasteiger partial charge in [0, 0.05) is 0 Å². The van der Waals surface area contributed by atoms with Crippen LogP contribution in [-0.2, 0) is 6.49 Å². The first-order chi connectivity index (χ1) is 9.10. The number of benzene rings is 2. The van der Waals surface area contributed by atoms with E-state index >= 15 is 0 Å². The van der Waals surface area contributed by atoms with Crippen LogP contribution >= 0.6 is 20.2 Å². The molecular formula is C17H19IO. The third-order valence-electron chi connectivity index (χ3n) is 3.68. The Bertz CT molecular complexity index is 577. The number of rotatable bonds is 3. The summed E-state index contributed by atoms with van der Waals surface area (Å²) in [4.78, 5) is 0. The van der Waals surface area contributed by atoms with Crippen LogP contribution in [0, 0.1) is 6.92 Å². The molecule has 1 aliphatic rings. The third-order valence-corrected chi connectivity index (χ3v) is 9.47. The Hall–Kier alpha value is -0.870. The maximum absolute atomic E-state index is 6.16. The fraction of sp³-hybridized carbons (Fsp3) is 0.294. The van der Waals surface area contributed by atoms with Crippen LogP contribution in [0.15, 0.2) is 54.6 Å². The van der Waals surface area contributed by atoms with E-state index in [-0.39, 0.29) is 3.42 Å². The van der Waals surface area contributed by atoms with E-state index in [2.05, 4.69) is 75.4 Å². The molecule has 1 atom stereocenters. The summed E-state index contributed by atoms with van der Waals surface area (Å²) in [7, 11) is 0. The Morgan fingerprint density at radius 1 is 0.947 bits per heavy atom. The zero-order chi connectivity index (χ0) is 13.5. The predicted octanol–water partition coefficient (Wildman–Crippen LogP) is 5.38. The fourth-order valence-electron chi connectivity index (χ4n) is 2.36. The van der Waals surface area contributed by atoms with Gasteiger partial charge in [-0.3, -0.25) is 0 Å². The number of hydrogen-bond donors (Lipinski definition) is 0. The van der Waals surface area contributed by atoms with Gasteiger partial charge in [0.1, 0.15) is 0 Å². The molecule has 0 aliphatic carbocycles. The monoisotopic (exact) mass is 366 g/mol. The molecular weight excluding hydrogens is 347 g/mol. The molecule has 0 bridgehead atoms. The quantitative estimate of drug-likeness (QED) is 0.404. The van der Waals surface area contributed by atoms with E-state index < -0.39 is 20.2 Å². The van der Waals surface area contributed by atoms with E-state index in [0.717, 1.165) is 0 Å². The van der Waals surface area contributed by atoms with E-state index in [0.29, 0.717) is 4.11 Å². The van der Waals surface area contributed by atoms with Crippen LogP contribution in [0.4, 0.5) is 0 Å². The summed E-state index contributed by atoms with van der Waals surface area (Å²) in [5.41, 5.74) is 4.17. The van der Waals surface area contributed by atoms with Gasteiger partial charge in [-0.05, 0) is 0 Å². The molecule has 0 saturated carbocycles. The Kier molecular flexibility index (Phi) is 3.39. The second kappa shape index (κ2) is 4.91. The van der Waals surface area contributed by atoms with Crippen LogP contribution in [0.1, 0.15) is 34.6 Å². The van der Waals surface area contributed by atoms with Crippen molar-refractivity contribution >= 4 is 20.2 Å². The molecule has 1 nitrogen and oxygen atoms in total. The van der Waals surface area contributed by atoms with E-state index in [1.807, 2.05) is 0 Å². The molecule has 2 heteroatoms. The van der Waals surface area contributed by atoms with Gasteiger partial charge in [-0.2, -0.15) is 0 Å². The van der Waals surface area contributed by atoms with Crippen molar-refractivity contribution in [3.8, 4) is 0 Å². The molecule has 1 saturated heterocycles. The zero-order valence-electron chi connectivity index (χ0n) is 11.6. The summed E-state index contributed by atoms with van der Waals surface area (Å²) >= 11 is -1.42. The van der Waals surface area contributed by atoms with Gasteiger partial charge in [0.25, 0.3) is 0 Å². The minimum absolute atomic E-state index is 0.206. The molecule has 19 heavy (non-hydrogen) atoms. The van der Waals surface area contributed by atoms with Gasteiger partial charge in [0.2, 0.25) is 0 Å². The zero-order valence-corrected chi connectivity index (χ0v) is 13.7. The minimum atomic E-state index is -1.42. The van der Waals surface area contributed by atoms with Crippen molar-refractivity contribution in [3.05, 3.63) is 71.3 Å². The second-order valence-electron chi connectivity index (χ2n) is 5.38. The van der Waals surface area contributed by atoms with Gasteiger partial charge in [-0.1, -0.05) is 0 Å². The first-order valence-electron chi connectivity index (χ1n) is 6.57. The number of halogens is 1. The average Bonchev–Trinajstić information content (AvgIpc) is 3.21. The SMILES string of the molecule is Cc1ccccc1C1OI1C(C)(C)c1ccccc1. The third kappa shape index (κ3) is 2.43. The molecule has 0 amide bonds. The van der Waals surface area contributed by atoms with Crippen LogP contribution in [0.5, 0.6) is 0 Å². The van der Waals surface area contributed by atoms with Crippen molar-refractivity contribution in [2.75, 3.05) is 0 Å². The normalized spacial score (nSPS) is 20.4. The molecule has 2 aromatic carbocycles. The Morgan fingerprint density at radius 3 is 2.26 bits per heavy atom. The standard InChI is InChI=1S/C17H19IO/c1-13-9-7-8-12-15(13)16-18(19-16)17(2,3)14-10-5-4-6-11-14/h4-12,16H,1-3H3. The van der Waals surface area contributed by atoms with Gasteiger partial charge in [-0.15, -0.1) is 0 Å². The van der Waals surface area contributed by atoms with E-state index in [4.69, 9.17) is 3.07 Å². The summed E-state index contributed by atoms with van der Waals surface area (Å²) in [6, 6.07) is 19.4. The van der Waals surface area contributed by atoms with Crippen LogP contribution in [-0.4, -0.2) is 0 Å². The Morgan fingerprint density at radius 2 is 1.58 bits per heavy atom. The van der Waals surface area contributed by atoms with Gasteiger partial charge in [0.15, 0.2) is 0 Å². The first kappa shape index (κ1) is 13.1. The van der Waals surface area contributed by atoms with E-state index in [9.17, 15) is 0 Å². The maximum atomic E-state index is 6.16. The van der Waals surface area contributed by atoms with Gasteiger partial charge in [0.05, 0.1) is 0 Å². The first-order valence-corrected chi connectivity index (χ1v) is 9.78. The molecule has 0 spiro atoms. The van der Waals surface area contributed by atoms with Crippen molar-refractivity contribution in [1.82, 2.24) is 0 Å². The Balaban J connectivity index is 1.85. The summed E-state index contributed by atoms with van der Waals surface area (Å²) in [5, 5.41) is 0. The molecule has 0 radical (unpaired) electrons. The van der Waals surface area contributed by atoms with E-state index in [1.165, 1.54) is 16.7 Å². The van der Waals surface area contributed by atoms with Crippen molar-refractivity contribution in [2.45, 2.75) is 28.3 Å². The predicted molar refractivity (Wildman–Crippen MR) is 88.5 cm³/mol. The van der Waals surface area contributed by atoms with Crippen LogP contribution in [0.25, 0.3) is 0 Å².